The Morgan fingerprint density at radius 2 is 1.47 bits per heavy atom. The minimum absolute atomic E-state index is 0.0458. The van der Waals surface area contributed by atoms with Crippen molar-refractivity contribution in [2.45, 2.75) is 57.9 Å². The Balaban J connectivity index is 1.47. The molecule has 0 spiro atoms. The summed E-state index contributed by atoms with van der Waals surface area (Å²) in [6.07, 6.45) is 8.59. The largest absolute Gasteiger partial charge is 0.333 e. The summed E-state index contributed by atoms with van der Waals surface area (Å²) < 4.78 is 0. The number of anilines is 1. The summed E-state index contributed by atoms with van der Waals surface area (Å²) in [7, 11) is 0. The normalized spacial score (nSPS) is 17.9. The molecule has 5 heteroatoms. The molecule has 3 aromatic rings. The monoisotopic (exact) mass is 455 g/mol. The van der Waals surface area contributed by atoms with Crippen molar-refractivity contribution < 1.29 is 9.59 Å². The van der Waals surface area contributed by atoms with Crippen molar-refractivity contribution in [3.63, 3.8) is 0 Å². The molecule has 1 fully saturated rings. The lowest BCUT2D eigenvalue weighted by Gasteiger charge is -2.28. The van der Waals surface area contributed by atoms with Crippen LogP contribution in [0.2, 0.25) is 0 Å². The van der Waals surface area contributed by atoms with E-state index in [0.717, 1.165) is 67.2 Å². The Morgan fingerprint density at radius 3 is 2.29 bits per heavy atom. The maximum atomic E-state index is 13.7. The maximum absolute atomic E-state index is 13.7. The number of hydrogen-bond acceptors (Lipinski definition) is 3. The minimum Gasteiger partial charge on any atom is -0.333 e. The van der Waals surface area contributed by atoms with Gasteiger partial charge in [-0.05, 0) is 49.4 Å². The molecule has 0 radical (unpaired) electrons. The average molecular weight is 456 g/mol. The molecule has 2 aliphatic rings. The van der Waals surface area contributed by atoms with E-state index in [1.807, 2.05) is 64.4 Å². The first-order valence-electron chi connectivity index (χ1n) is 12.7. The van der Waals surface area contributed by atoms with Gasteiger partial charge in [0.1, 0.15) is 5.69 Å². The van der Waals surface area contributed by atoms with E-state index in [0.29, 0.717) is 18.8 Å². The fraction of sp³-hybridized carbons (Fsp3) is 0.414. The number of hydrogen-bond donors (Lipinski definition) is 0. The van der Waals surface area contributed by atoms with Gasteiger partial charge in [0.15, 0.2) is 0 Å². The van der Waals surface area contributed by atoms with Crippen LogP contribution in [-0.2, 0) is 11.3 Å². The molecule has 0 atom stereocenters. The number of carbonyl (C=O) groups excluding carboxylic acids is 2. The molecule has 34 heavy (non-hydrogen) atoms. The fourth-order valence-corrected chi connectivity index (χ4v) is 4.89. The van der Waals surface area contributed by atoms with E-state index >= 15 is 0 Å². The molecule has 5 nitrogen and oxygen atoms in total. The summed E-state index contributed by atoms with van der Waals surface area (Å²) in [4.78, 5) is 35.5. The molecular weight excluding hydrogens is 422 g/mol. The molecule has 2 amide bonds. The second kappa shape index (κ2) is 10.4. The summed E-state index contributed by atoms with van der Waals surface area (Å²) in [5.41, 5.74) is 3.31. The van der Waals surface area contributed by atoms with Crippen molar-refractivity contribution in [2.24, 2.45) is 5.92 Å². The molecule has 0 saturated heterocycles. The van der Waals surface area contributed by atoms with Gasteiger partial charge in [-0.3, -0.25) is 9.59 Å². The Labute approximate surface area is 201 Å². The molecule has 1 aromatic heterocycles. The second-order valence-corrected chi connectivity index (χ2v) is 9.63. The zero-order valence-electron chi connectivity index (χ0n) is 19.8. The molecule has 2 aromatic carbocycles. The number of amides is 2. The van der Waals surface area contributed by atoms with Gasteiger partial charge in [0.25, 0.3) is 5.91 Å². The van der Waals surface area contributed by atoms with Crippen LogP contribution in [0.25, 0.3) is 10.9 Å². The van der Waals surface area contributed by atoms with E-state index in [1.54, 1.807) is 0 Å². The second-order valence-electron chi connectivity index (χ2n) is 9.63. The molecule has 0 bridgehead atoms. The van der Waals surface area contributed by atoms with Gasteiger partial charge < -0.3 is 9.80 Å². The first kappa shape index (κ1) is 22.6. The summed E-state index contributed by atoms with van der Waals surface area (Å²) in [5.74, 6) is 0.371. The van der Waals surface area contributed by atoms with Gasteiger partial charge in [-0.1, -0.05) is 68.1 Å². The van der Waals surface area contributed by atoms with Gasteiger partial charge in [-0.15, -0.1) is 0 Å². The lowest BCUT2D eigenvalue weighted by molar-refractivity contribution is -0.119. The van der Waals surface area contributed by atoms with E-state index in [1.165, 1.54) is 12.8 Å². The summed E-state index contributed by atoms with van der Waals surface area (Å²) in [6.45, 7) is 1.93. The van der Waals surface area contributed by atoms with Gasteiger partial charge in [-0.25, -0.2) is 4.98 Å². The van der Waals surface area contributed by atoms with Crippen LogP contribution in [0.3, 0.4) is 0 Å². The smallest absolute Gasteiger partial charge is 0.272 e. The van der Waals surface area contributed by atoms with Gasteiger partial charge in [0.2, 0.25) is 5.91 Å². The Bertz CT molecular complexity index is 1170. The number of nitrogens with zero attached hydrogens (tertiary/aromatic N) is 3. The number of rotatable bonds is 2. The highest BCUT2D eigenvalue weighted by molar-refractivity contribution is 5.97. The quantitative estimate of drug-likeness (QED) is 0.478. The Kier molecular flexibility index (Phi) is 6.89. The van der Waals surface area contributed by atoms with Crippen LogP contribution in [0.5, 0.6) is 0 Å². The van der Waals surface area contributed by atoms with Crippen molar-refractivity contribution in [3.05, 3.63) is 71.9 Å². The van der Waals surface area contributed by atoms with Gasteiger partial charge in [0.05, 0.1) is 5.52 Å². The van der Waals surface area contributed by atoms with Crippen LogP contribution in [0.1, 0.15) is 67.4 Å². The first-order chi connectivity index (χ1) is 16.7. The number of pyridine rings is 1. The molecule has 176 valence electrons. The summed E-state index contributed by atoms with van der Waals surface area (Å²) in [5, 5.41) is 1.03. The van der Waals surface area contributed by atoms with E-state index in [4.69, 9.17) is 0 Å². The highest BCUT2D eigenvalue weighted by Gasteiger charge is 2.34. The topological polar surface area (TPSA) is 53.5 Å². The summed E-state index contributed by atoms with van der Waals surface area (Å²) >= 11 is 0. The first-order valence-corrected chi connectivity index (χ1v) is 12.7. The third kappa shape index (κ3) is 5.14. The number of carbonyl (C=O) groups is 2. The van der Waals surface area contributed by atoms with Crippen LogP contribution in [-0.4, -0.2) is 34.8 Å². The lowest BCUT2D eigenvalue weighted by Crippen LogP contribution is -2.36. The minimum atomic E-state index is -0.0458. The van der Waals surface area contributed by atoms with Gasteiger partial charge in [-0.2, -0.15) is 0 Å². The highest BCUT2D eigenvalue weighted by Crippen LogP contribution is 2.34. The molecule has 0 unspecified atom stereocenters. The zero-order valence-corrected chi connectivity index (χ0v) is 19.8. The zero-order chi connectivity index (χ0) is 23.3. The van der Waals surface area contributed by atoms with Crippen LogP contribution in [0.4, 0.5) is 5.69 Å². The number of fused-ring (bicyclic) bond motifs is 2. The molecular formula is C29H33N3O2. The third-order valence-electron chi connectivity index (χ3n) is 7.00. The number of aromatic nitrogens is 1. The average Bonchev–Trinajstić information content (AvgIpc) is 3.72. The number of para-hydroxylation sites is 2. The fourth-order valence-electron chi connectivity index (χ4n) is 4.89. The van der Waals surface area contributed by atoms with Gasteiger partial charge >= 0.3 is 0 Å². The Morgan fingerprint density at radius 1 is 0.765 bits per heavy atom. The van der Waals surface area contributed by atoms with Crippen LogP contribution >= 0.6 is 0 Å². The third-order valence-corrected chi connectivity index (χ3v) is 7.00. The number of benzene rings is 2. The predicted molar refractivity (Wildman–Crippen MR) is 136 cm³/mol. The van der Waals surface area contributed by atoms with Crippen LogP contribution < -0.4 is 4.90 Å². The maximum Gasteiger partial charge on any atom is 0.272 e. The predicted octanol–water partition coefficient (Wildman–Crippen LogP) is 5.97. The van der Waals surface area contributed by atoms with Crippen molar-refractivity contribution in [3.8, 4) is 0 Å². The van der Waals surface area contributed by atoms with E-state index < -0.39 is 0 Å². The lowest BCUT2D eigenvalue weighted by atomic mass is 10.1. The molecule has 1 saturated carbocycles. The SMILES string of the molecule is O=C(c1ccc2ccccc2n1)N1CCCCCCCCN(C(=O)C2CC2)c2ccccc2C1. The summed E-state index contributed by atoms with van der Waals surface area (Å²) in [6, 6.07) is 19.8. The van der Waals surface area contributed by atoms with Crippen LogP contribution in [0.15, 0.2) is 60.7 Å². The van der Waals surface area contributed by atoms with Crippen LogP contribution in [0, 0.1) is 5.92 Å². The standard InChI is InChI=1S/C29H33N3O2/c33-28(23-15-16-23)32-20-10-4-2-1-3-9-19-31(21-24-12-6-8-14-27(24)32)29(34)26-18-17-22-11-5-7-13-25(22)30-26/h5-8,11-14,17-18,23H,1-4,9-10,15-16,19-21H2. The highest BCUT2D eigenvalue weighted by atomic mass is 16.2. The van der Waals surface area contributed by atoms with Gasteiger partial charge in [0, 0.05) is 36.6 Å². The molecule has 0 N–H and O–H groups in total. The van der Waals surface area contributed by atoms with Crippen molar-refractivity contribution >= 4 is 28.4 Å². The molecule has 5 rings (SSSR count). The van der Waals surface area contributed by atoms with E-state index in [9.17, 15) is 9.59 Å². The molecule has 1 aliphatic carbocycles. The molecule has 2 heterocycles. The van der Waals surface area contributed by atoms with E-state index in [2.05, 4.69) is 11.1 Å². The van der Waals surface area contributed by atoms with E-state index in [-0.39, 0.29) is 17.7 Å². The van der Waals surface area contributed by atoms with Crippen molar-refractivity contribution in [1.82, 2.24) is 9.88 Å². The molecule has 1 aliphatic heterocycles. The van der Waals surface area contributed by atoms with Crippen molar-refractivity contribution in [1.29, 1.82) is 0 Å². The Hall–Kier alpha value is -3.21. The van der Waals surface area contributed by atoms with Crippen molar-refractivity contribution in [2.75, 3.05) is 18.0 Å².